The summed E-state index contributed by atoms with van der Waals surface area (Å²) in [5, 5.41) is 4.71. The second-order valence-corrected chi connectivity index (χ2v) is 6.86. The van der Waals surface area contributed by atoms with Crippen molar-refractivity contribution in [2.75, 3.05) is 32.8 Å². The molecule has 3 rings (SSSR count). The maximum Gasteiger partial charge on any atom is 0.338 e. The Morgan fingerprint density at radius 2 is 1.63 bits per heavy atom. The highest BCUT2D eigenvalue weighted by Crippen LogP contribution is 2.28. The molecule has 3 amide bonds. The maximum absolute atomic E-state index is 12.3. The molecule has 35 heavy (non-hydrogen) atoms. The van der Waals surface area contributed by atoms with Crippen LogP contribution in [0.2, 0.25) is 0 Å². The molecule has 11 heteroatoms. The van der Waals surface area contributed by atoms with Crippen LogP contribution < -0.4 is 24.8 Å². The molecule has 0 radical (unpaired) electrons. The van der Waals surface area contributed by atoms with Gasteiger partial charge in [-0.25, -0.2) is 4.79 Å². The Kier molecular flexibility index (Phi) is 8.43. The summed E-state index contributed by atoms with van der Waals surface area (Å²) in [6.07, 6.45) is 1.29. The summed E-state index contributed by atoms with van der Waals surface area (Å²) < 4.78 is 25.6. The standard InChI is InChI=1S/C24H22N2O9/c1-31-17-8-6-16(7-9-17)25-21(27)13-34-18-10-5-15(12-20(18)32-2)24(30)35-14-22(28)26-23(29)19-4-3-11-33-19/h3-12H,13-14H2,1-2H3,(H,25,27)(H,26,28,29). The number of anilines is 1. The molecule has 1 heterocycles. The van der Waals surface area contributed by atoms with Crippen LogP contribution in [0.1, 0.15) is 20.9 Å². The smallest absolute Gasteiger partial charge is 0.338 e. The number of amides is 3. The number of hydrogen-bond donors (Lipinski definition) is 2. The summed E-state index contributed by atoms with van der Waals surface area (Å²) in [6, 6.07) is 13.8. The van der Waals surface area contributed by atoms with Crippen LogP contribution in [-0.2, 0) is 14.3 Å². The number of nitrogens with one attached hydrogen (secondary N) is 2. The number of rotatable bonds is 10. The van der Waals surface area contributed by atoms with Crippen molar-refractivity contribution in [3.8, 4) is 17.2 Å². The predicted molar refractivity (Wildman–Crippen MR) is 122 cm³/mol. The minimum atomic E-state index is -0.826. The van der Waals surface area contributed by atoms with Gasteiger partial charge in [0.2, 0.25) is 0 Å². The maximum atomic E-state index is 12.3. The monoisotopic (exact) mass is 482 g/mol. The Bertz CT molecular complexity index is 1190. The lowest BCUT2D eigenvalue weighted by Crippen LogP contribution is -2.33. The SMILES string of the molecule is COc1ccc(NC(=O)COc2ccc(C(=O)OCC(=O)NC(=O)c3ccco3)cc2OC)cc1. The van der Waals surface area contributed by atoms with Gasteiger partial charge >= 0.3 is 5.97 Å². The van der Waals surface area contributed by atoms with Gasteiger partial charge in [0.15, 0.2) is 30.5 Å². The van der Waals surface area contributed by atoms with Crippen LogP contribution in [0.15, 0.2) is 65.3 Å². The molecule has 182 valence electrons. The quantitative estimate of drug-likeness (QED) is 0.417. The fourth-order valence-electron chi connectivity index (χ4n) is 2.78. The Labute approximate surface area is 199 Å². The molecule has 2 aromatic carbocycles. The fourth-order valence-corrected chi connectivity index (χ4v) is 2.78. The number of carbonyl (C=O) groups excluding carboxylic acids is 4. The van der Waals surface area contributed by atoms with Crippen LogP contribution in [0.4, 0.5) is 5.69 Å². The van der Waals surface area contributed by atoms with Gasteiger partial charge < -0.3 is 28.7 Å². The number of imide groups is 1. The minimum Gasteiger partial charge on any atom is -0.497 e. The second kappa shape index (κ2) is 11.9. The first kappa shape index (κ1) is 24.8. The summed E-state index contributed by atoms with van der Waals surface area (Å²) in [7, 11) is 2.91. The van der Waals surface area contributed by atoms with E-state index in [1.165, 1.54) is 43.7 Å². The highest BCUT2D eigenvalue weighted by atomic mass is 16.5. The van der Waals surface area contributed by atoms with Crippen molar-refractivity contribution in [1.29, 1.82) is 0 Å². The molecule has 0 spiro atoms. The van der Waals surface area contributed by atoms with Gasteiger partial charge in [-0.3, -0.25) is 19.7 Å². The summed E-state index contributed by atoms with van der Waals surface area (Å²) in [5.41, 5.74) is 0.640. The average Bonchev–Trinajstić information content (AvgIpc) is 3.42. The van der Waals surface area contributed by atoms with Gasteiger partial charge in [-0.1, -0.05) is 0 Å². The van der Waals surface area contributed by atoms with Gasteiger partial charge in [0.25, 0.3) is 17.7 Å². The van der Waals surface area contributed by atoms with Crippen molar-refractivity contribution in [2.45, 2.75) is 0 Å². The van der Waals surface area contributed by atoms with E-state index in [4.69, 9.17) is 23.4 Å². The van der Waals surface area contributed by atoms with E-state index in [2.05, 4.69) is 5.32 Å². The number of esters is 1. The lowest BCUT2D eigenvalue weighted by atomic mass is 10.2. The molecule has 0 aliphatic carbocycles. The van der Waals surface area contributed by atoms with E-state index in [0.29, 0.717) is 11.4 Å². The van der Waals surface area contributed by atoms with Gasteiger partial charge in [0.1, 0.15) is 5.75 Å². The van der Waals surface area contributed by atoms with E-state index in [1.54, 1.807) is 31.4 Å². The molecule has 1 aromatic heterocycles. The molecular formula is C24H22N2O9. The third-order valence-corrected chi connectivity index (χ3v) is 4.46. The molecule has 0 bridgehead atoms. The van der Waals surface area contributed by atoms with Crippen LogP contribution >= 0.6 is 0 Å². The highest BCUT2D eigenvalue weighted by Gasteiger charge is 2.17. The van der Waals surface area contributed by atoms with Crippen LogP contribution in [0, 0.1) is 0 Å². The van der Waals surface area contributed by atoms with E-state index in [9.17, 15) is 19.2 Å². The van der Waals surface area contributed by atoms with Gasteiger partial charge in [-0.2, -0.15) is 0 Å². The molecule has 0 aliphatic heterocycles. The Balaban J connectivity index is 1.50. The van der Waals surface area contributed by atoms with Crippen molar-refractivity contribution in [2.24, 2.45) is 0 Å². The summed E-state index contributed by atoms with van der Waals surface area (Å²) in [4.78, 5) is 48.0. The zero-order valence-electron chi connectivity index (χ0n) is 18.9. The molecule has 0 atom stereocenters. The third kappa shape index (κ3) is 7.09. The predicted octanol–water partition coefficient (Wildman–Crippen LogP) is 2.43. The molecule has 3 aromatic rings. The van der Waals surface area contributed by atoms with Crippen LogP contribution in [0.3, 0.4) is 0 Å². The first-order valence-corrected chi connectivity index (χ1v) is 10.2. The first-order valence-electron chi connectivity index (χ1n) is 10.2. The highest BCUT2D eigenvalue weighted by molar-refractivity contribution is 6.04. The third-order valence-electron chi connectivity index (χ3n) is 4.46. The number of hydrogen-bond acceptors (Lipinski definition) is 9. The lowest BCUT2D eigenvalue weighted by Gasteiger charge is -2.12. The molecule has 11 nitrogen and oxygen atoms in total. The van der Waals surface area contributed by atoms with Gasteiger partial charge in [0, 0.05) is 5.69 Å². The van der Waals surface area contributed by atoms with Crippen LogP contribution in [0.25, 0.3) is 0 Å². The Hall–Kier alpha value is -4.80. The fraction of sp³-hybridized carbons (Fsp3) is 0.167. The molecule has 0 saturated carbocycles. The van der Waals surface area contributed by atoms with E-state index < -0.39 is 30.3 Å². The average molecular weight is 482 g/mol. The molecule has 0 saturated heterocycles. The Morgan fingerprint density at radius 3 is 2.29 bits per heavy atom. The van der Waals surface area contributed by atoms with E-state index in [0.717, 1.165) is 0 Å². The molecular weight excluding hydrogens is 460 g/mol. The summed E-state index contributed by atoms with van der Waals surface area (Å²) >= 11 is 0. The lowest BCUT2D eigenvalue weighted by molar-refractivity contribution is -0.123. The van der Waals surface area contributed by atoms with E-state index in [1.807, 2.05) is 5.32 Å². The van der Waals surface area contributed by atoms with Gasteiger partial charge in [0.05, 0.1) is 26.0 Å². The topological polar surface area (TPSA) is 142 Å². The zero-order chi connectivity index (χ0) is 25.2. The normalized spacial score (nSPS) is 10.1. The number of methoxy groups -OCH3 is 2. The van der Waals surface area contributed by atoms with E-state index >= 15 is 0 Å². The van der Waals surface area contributed by atoms with Crippen LogP contribution in [-0.4, -0.2) is 51.1 Å². The van der Waals surface area contributed by atoms with Gasteiger partial charge in [-0.15, -0.1) is 0 Å². The largest absolute Gasteiger partial charge is 0.497 e. The number of carbonyl (C=O) groups is 4. The van der Waals surface area contributed by atoms with Crippen molar-refractivity contribution in [3.05, 3.63) is 72.2 Å². The Morgan fingerprint density at radius 1 is 0.857 bits per heavy atom. The second-order valence-electron chi connectivity index (χ2n) is 6.86. The summed E-state index contributed by atoms with van der Waals surface area (Å²) in [6.45, 7) is -0.993. The van der Waals surface area contributed by atoms with Crippen molar-refractivity contribution < 1.29 is 42.5 Å². The van der Waals surface area contributed by atoms with Crippen LogP contribution in [0.5, 0.6) is 17.2 Å². The summed E-state index contributed by atoms with van der Waals surface area (Å²) in [5.74, 6) is -1.81. The molecule has 0 unspecified atom stereocenters. The van der Waals surface area contributed by atoms with Crippen molar-refractivity contribution in [3.63, 3.8) is 0 Å². The van der Waals surface area contributed by atoms with Crippen molar-refractivity contribution >= 4 is 29.4 Å². The van der Waals surface area contributed by atoms with Gasteiger partial charge in [-0.05, 0) is 54.6 Å². The number of benzene rings is 2. The number of furan rings is 1. The van der Waals surface area contributed by atoms with E-state index in [-0.39, 0.29) is 29.4 Å². The first-order chi connectivity index (χ1) is 16.9. The number of ether oxygens (including phenoxy) is 4. The molecule has 2 N–H and O–H groups in total. The molecule has 0 fully saturated rings. The molecule has 0 aliphatic rings. The zero-order valence-corrected chi connectivity index (χ0v) is 18.9. The minimum absolute atomic E-state index is 0.0531. The van der Waals surface area contributed by atoms with Crippen molar-refractivity contribution in [1.82, 2.24) is 5.32 Å².